The lowest BCUT2D eigenvalue weighted by Crippen LogP contribution is -2.05. The van der Waals surface area contributed by atoms with E-state index in [9.17, 15) is 4.79 Å². The van der Waals surface area contributed by atoms with Gasteiger partial charge < -0.3 is 0 Å². The molecule has 1 heteroatoms. The van der Waals surface area contributed by atoms with Gasteiger partial charge >= 0.3 is 0 Å². The van der Waals surface area contributed by atoms with Crippen LogP contribution in [0.15, 0.2) is 91.0 Å². The molecule has 3 aliphatic rings. The molecule has 0 bridgehead atoms. The Balaban J connectivity index is 1.69. The van der Waals surface area contributed by atoms with E-state index >= 15 is 0 Å². The van der Waals surface area contributed by atoms with Crippen molar-refractivity contribution in [3.8, 4) is 44.5 Å². The largest absolute Gasteiger partial charge is 0.294 e. The van der Waals surface area contributed by atoms with Crippen LogP contribution in [0.4, 0.5) is 0 Å². The van der Waals surface area contributed by atoms with Crippen molar-refractivity contribution in [1.82, 2.24) is 0 Å². The van der Waals surface area contributed by atoms with Crippen LogP contribution in [0.2, 0.25) is 0 Å². The maximum absolute atomic E-state index is 13.6. The van der Waals surface area contributed by atoms with E-state index in [1.165, 1.54) is 60.8 Å². The Bertz CT molecular complexity index is 1660. The minimum absolute atomic E-state index is 0.113. The summed E-state index contributed by atoms with van der Waals surface area (Å²) in [5.41, 5.74) is 13.6. The Morgan fingerprint density at radius 1 is 0.562 bits per heavy atom. The molecule has 0 saturated carbocycles. The first kappa shape index (κ1) is 16.7. The van der Waals surface area contributed by atoms with Gasteiger partial charge in [0.05, 0.1) is 0 Å². The van der Waals surface area contributed by atoms with Crippen molar-refractivity contribution < 1.29 is 4.79 Å². The van der Waals surface area contributed by atoms with Crippen LogP contribution in [0, 0.1) is 0 Å². The second-order valence-electron chi connectivity index (χ2n) is 9.13. The zero-order valence-corrected chi connectivity index (χ0v) is 17.4. The molecule has 1 atom stereocenters. The van der Waals surface area contributed by atoms with Gasteiger partial charge in [-0.05, 0) is 60.8 Å². The lowest BCUT2D eigenvalue weighted by molar-refractivity contribution is 0.0980. The van der Waals surface area contributed by atoms with Gasteiger partial charge in [-0.1, -0.05) is 91.0 Å². The summed E-state index contributed by atoms with van der Waals surface area (Å²) in [7, 11) is 0. The highest BCUT2D eigenvalue weighted by atomic mass is 16.1. The lowest BCUT2D eigenvalue weighted by atomic mass is 9.83. The number of benzene rings is 5. The molecule has 32 heavy (non-hydrogen) atoms. The summed E-state index contributed by atoms with van der Waals surface area (Å²) in [5.74, 6) is 0.370. The first-order valence-electron chi connectivity index (χ1n) is 11.3. The Labute approximate surface area is 186 Å². The fraction of sp³-hybridized carbons (Fsp3) is 0.0645. The van der Waals surface area contributed by atoms with Crippen molar-refractivity contribution in [3.63, 3.8) is 0 Å². The molecule has 0 aromatic heterocycles. The van der Waals surface area contributed by atoms with Crippen LogP contribution in [0.1, 0.15) is 33.8 Å². The maximum Gasteiger partial charge on any atom is 0.164 e. The van der Waals surface area contributed by atoms with Gasteiger partial charge in [-0.3, -0.25) is 4.79 Å². The number of hydrogen-bond donors (Lipinski definition) is 0. The summed E-state index contributed by atoms with van der Waals surface area (Å²) in [6.45, 7) is 0. The summed E-state index contributed by atoms with van der Waals surface area (Å²) in [6, 6.07) is 32.4. The minimum atomic E-state index is 0.113. The van der Waals surface area contributed by atoms with Gasteiger partial charge in [0.15, 0.2) is 5.78 Å². The molecule has 148 valence electrons. The van der Waals surface area contributed by atoms with E-state index < -0.39 is 0 Å². The van der Waals surface area contributed by atoms with Gasteiger partial charge in [0.2, 0.25) is 0 Å². The molecule has 5 aromatic carbocycles. The summed E-state index contributed by atoms with van der Waals surface area (Å²) >= 11 is 0. The highest BCUT2D eigenvalue weighted by Gasteiger charge is 2.42. The molecule has 1 nitrogen and oxygen atoms in total. The van der Waals surface area contributed by atoms with E-state index in [1.54, 1.807) is 0 Å². The van der Waals surface area contributed by atoms with Crippen molar-refractivity contribution in [1.29, 1.82) is 0 Å². The monoisotopic (exact) mass is 406 g/mol. The molecule has 0 amide bonds. The zero-order valence-electron chi connectivity index (χ0n) is 17.4. The Hall–Kier alpha value is -3.97. The number of carbonyl (C=O) groups excluding carboxylic acids is 1. The van der Waals surface area contributed by atoms with E-state index in [-0.39, 0.29) is 11.7 Å². The molecule has 0 spiro atoms. The van der Waals surface area contributed by atoms with Crippen LogP contribution in [0.25, 0.3) is 55.3 Å². The molecule has 0 aliphatic heterocycles. The van der Waals surface area contributed by atoms with Crippen LogP contribution in [0.5, 0.6) is 0 Å². The summed E-state index contributed by atoms with van der Waals surface area (Å²) < 4.78 is 0. The molecule has 5 aromatic rings. The third-order valence-corrected chi connectivity index (χ3v) is 7.68. The van der Waals surface area contributed by atoms with Crippen LogP contribution < -0.4 is 0 Å². The van der Waals surface area contributed by atoms with Gasteiger partial charge in [-0.25, -0.2) is 0 Å². The van der Waals surface area contributed by atoms with Gasteiger partial charge in [0, 0.05) is 23.5 Å². The lowest BCUT2D eigenvalue weighted by Gasteiger charge is -2.19. The molecular weight excluding hydrogens is 388 g/mol. The summed E-state index contributed by atoms with van der Waals surface area (Å²) in [5, 5.41) is 2.61. The van der Waals surface area contributed by atoms with Crippen molar-refractivity contribution >= 4 is 16.6 Å². The number of rotatable bonds is 1. The highest BCUT2D eigenvalue weighted by molar-refractivity contribution is 6.27. The predicted octanol–water partition coefficient (Wildman–Crippen LogP) is 7.85. The quantitative estimate of drug-likeness (QED) is 0.272. The molecule has 0 radical (unpaired) electrons. The second kappa shape index (κ2) is 5.63. The van der Waals surface area contributed by atoms with Crippen molar-refractivity contribution in [2.24, 2.45) is 0 Å². The van der Waals surface area contributed by atoms with E-state index in [0.717, 1.165) is 11.1 Å². The molecule has 8 rings (SSSR count). The predicted molar refractivity (Wildman–Crippen MR) is 130 cm³/mol. The third kappa shape index (κ3) is 1.81. The van der Waals surface area contributed by atoms with Crippen molar-refractivity contribution in [3.05, 3.63) is 108 Å². The Morgan fingerprint density at radius 2 is 1.28 bits per heavy atom. The van der Waals surface area contributed by atoms with Crippen molar-refractivity contribution in [2.75, 3.05) is 0 Å². The fourth-order valence-electron chi connectivity index (χ4n) is 6.55. The average molecular weight is 406 g/mol. The van der Waals surface area contributed by atoms with Gasteiger partial charge in [-0.15, -0.1) is 0 Å². The smallest absolute Gasteiger partial charge is 0.164 e. The minimum Gasteiger partial charge on any atom is -0.294 e. The van der Waals surface area contributed by atoms with Gasteiger partial charge in [0.25, 0.3) is 0 Å². The molecule has 0 fully saturated rings. The number of fused-ring (bicyclic) bond motifs is 4. The molecule has 0 saturated heterocycles. The first-order chi connectivity index (χ1) is 15.8. The fourth-order valence-corrected chi connectivity index (χ4v) is 6.55. The average Bonchev–Trinajstić information content (AvgIpc) is 3.30. The standard InChI is InChI=1S/C31H18O/c32-25-16-24-18-10-4-5-11-19(18)29-26(17-8-2-1-3-9-17)23-15-7-13-21-20-12-6-14-22(25)27(20)31(28(21)23)30(24)29/h1-15,24H,16H2. The number of carbonyl (C=O) groups is 1. The molecular formula is C31H18O. The molecule has 0 heterocycles. The Morgan fingerprint density at radius 3 is 2.19 bits per heavy atom. The number of Topliss-reactive ketones (excluding diaryl/α,β-unsaturated/α-hetero) is 1. The third-order valence-electron chi connectivity index (χ3n) is 7.68. The van der Waals surface area contributed by atoms with E-state index in [2.05, 4.69) is 84.9 Å². The maximum atomic E-state index is 13.6. The molecule has 1 unspecified atom stereocenters. The van der Waals surface area contributed by atoms with Crippen LogP contribution in [-0.4, -0.2) is 5.78 Å². The van der Waals surface area contributed by atoms with Gasteiger partial charge in [-0.2, -0.15) is 0 Å². The van der Waals surface area contributed by atoms with E-state index in [0.29, 0.717) is 6.42 Å². The zero-order chi connectivity index (χ0) is 21.0. The summed E-state index contributed by atoms with van der Waals surface area (Å²) in [4.78, 5) is 13.6. The SMILES string of the molecule is O=C1CC2c3ccccc3-c3c2c2c4c(cccc4c3-c3ccccc3)-c3cccc1c3-2. The van der Waals surface area contributed by atoms with E-state index in [1.807, 2.05) is 6.07 Å². The Kier molecular flexibility index (Phi) is 2.94. The molecule has 3 aliphatic carbocycles. The van der Waals surface area contributed by atoms with E-state index in [4.69, 9.17) is 0 Å². The van der Waals surface area contributed by atoms with Gasteiger partial charge in [0.1, 0.15) is 0 Å². The number of ketones is 1. The second-order valence-corrected chi connectivity index (χ2v) is 9.13. The summed E-state index contributed by atoms with van der Waals surface area (Å²) in [6.07, 6.45) is 0.537. The molecule has 0 N–H and O–H groups in total. The highest BCUT2D eigenvalue weighted by Crippen LogP contribution is 2.63. The topological polar surface area (TPSA) is 17.1 Å². The normalized spacial score (nSPS) is 16.4. The van der Waals surface area contributed by atoms with Crippen LogP contribution in [0.3, 0.4) is 0 Å². The first-order valence-corrected chi connectivity index (χ1v) is 11.3. The van der Waals surface area contributed by atoms with Crippen LogP contribution in [-0.2, 0) is 0 Å². The van der Waals surface area contributed by atoms with Crippen LogP contribution >= 0.6 is 0 Å². The van der Waals surface area contributed by atoms with Crippen molar-refractivity contribution in [2.45, 2.75) is 12.3 Å². The number of hydrogen-bond acceptors (Lipinski definition) is 1.